The Hall–Kier alpha value is -1.83. The van der Waals surface area contributed by atoms with E-state index in [4.69, 9.17) is 16.3 Å². The summed E-state index contributed by atoms with van der Waals surface area (Å²) in [6, 6.07) is -0.694. The first-order valence-corrected chi connectivity index (χ1v) is 8.65. The number of hydrogen-bond donors (Lipinski definition) is 2. The predicted molar refractivity (Wildman–Crippen MR) is 91.5 cm³/mol. The number of aromatic amines is 1. The van der Waals surface area contributed by atoms with Crippen LogP contribution >= 0.6 is 11.6 Å². The van der Waals surface area contributed by atoms with Crippen LogP contribution in [0, 0.1) is 0 Å². The van der Waals surface area contributed by atoms with Crippen molar-refractivity contribution in [3.05, 3.63) is 16.7 Å². The molecule has 2 rings (SSSR count). The van der Waals surface area contributed by atoms with Gasteiger partial charge in [-0.1, -0.05) is 18.5 Å². The molecule has 1 aromatic rings. The van der Waals surface area contributed by atoms with Gasteiger partial charge < -0.3 is 19.9 Å². The largest absolute Gasteiger partial charge is 0.444 e. The number of piperidine rings is 1. The van der Waals surface area contributed by atoms with Crippen molar-refractivity contribution in [1.82, 2.24) is 20.2 Å². The topological polar surface area (TPSA) is 87.3 Å². The van der Waals surface area contributed by atoms with Crippen molar-refractivity contribution in [2.75, 3.05) is 13.1 Å². The molecule has 0 unspecified atom stereocenters. The van der Waals surface area contributed by atoms with E-state index >= 15 is 0 Å². The third-order valence-electron chi connectivity index (χ3n) is 3.81. The van der Waals surface area contributed by atoms with E-state index in [1.54, 1.807) is 20.8 Å². The van der Waals surface area contributed by atoms with Gasteiger partial charge in [-0.2, -0.15) is 0 Å². The predicted octanol–water partition coefficient (Wildman–Crippen LogP) is 2.70. The van der Waals surface area contributed by atoms with Crippen LogP contribution < -0.4 is 5.32 Å². The maximum Gasteiger partial charge on any atom is 0.410 e. The highest BCUT2D eigenvalue weighted by atomic mass is 35.5. The first-order valence-electron chi connectivity index (χ1n) is 8.28. The molecule has 0 saturated carbocycles. The molecule has 2 heterocycles. The number of rotatable bonds is 3. The second kappa shape index (κ2) is 7.59. The highest BCUT2D eigenvalue weighted by Crippen LogP contribution is 2.19. The molecule has 0 aromatic carbocycles. The lowest BCUT2D eigenvalue weighted by molar-refractivity contribution is 0.00969. The summed E-state index contributed by atoms with van der Waals surface area (Å²) >= 11 is 5.91. The average Bonchev–Trinajstić information content (AvgIpc) is 2.88. The Balaban J connectivity index is 1.92. The van der Waals surface area contributed by atoms with Crippen LogP contribution in [0.25, 0.3) is 0 Å². The lowest BCUT2D eigenvalue weighted by Crippen LogP contribution is -2.54. The summed E-state index contributed by atoms with van der Waals surface area (Å²) < 4.78 is 19.6. The number of likely N-dealkylation sites (tertiary alicyclic amines) is 1. The number of imidazole rings is 1. The number of aromatic nitrogens is 2. The molecule has 140 valence electrons. The van der Waals surface area contributed by atoms with Gasteiger partial charge in [0.15, 0.2) is 11.0 Å². The van der Waals surface area contributed by atoms with Crippen LogP contribution in [0.1, 0.15) is 50.4 Å². The number of halogens is 2. The standard InChI is InChI=1S/C16H24ClFN4O3/c1-5-10-12(17)21-13(19-10)14(23)20-11-6-7-22(8-9(11)18)15(24)25-16(2,3)4/h9,11H,5-8H2,1-4H3,(H,19,21)(H,20,23)/t9-,11+/m1/s1. The Bertz CT molecular complexity index is 644. The summed E-state index contributed by atoms with van der Waals surface area (Å²) in [5, 5.41) is 2.85. The average molecular weight is 375 g/mol. The molecule has 1 saturated heterocycles. The monoisotopic (exact) mass is 374 g/mol. The quantitative estimate of drug-likeness (QED) is 0.851. The zero-order valence-corrected chi connectivity index (χ0v) is 15.6. The zero-order valence-electron chi connectivity index (χ0n) is 14.9. The molecule has 0 radical (unpaired) electrons. The van der Waals surface area contributed by atoms with Gasteiger partial charge in [-0.05, 0) is 33.6 Å². The molecule has 9 heteroatoms. The van der Waals surface area contributed by atoms with Gasteiger partial charge >= 0.3 is 6.09 Å². The summed E-state index contributed by atoms with van der Waals surface area (Å²) in [5.74, 6) is -0.455. The Labute approximate surface area is 151 Å². The third-order valence-corrected chi connectivity index (χ3v) is 4.12. The molecular weight excluding hydrogens is 351 g/mol. The van der Waals surface area contributed by atoms with E-state index < -0.39 is 29.8 Å². The maximum absolute atomic E-state index is 14.4. The van der Waals surface area contributed by atoms with Gasteiger partial charge in [0.05, 0.1) is 18.3 Å². The minimum absolute atomic E-state index is 0.0589. The van der Waals surface area contributed by atoms with Gasteiger partial charge in [-0.3, -0.25) is 4.79 Å². The molecular formula is C16H24ClFN4O3. The summed E-state index contributed by atoms with van der Waals surface area (Å²) in [4.78, 5) is 32.3. The van der Waals surface area contributed by atoms with E-state index in [9.17, 15) is 14.0 Å². The van der Waals surface area contributed by atoms with Crippen LogP contribution in [0.5, 0.6) is 0 Å². The van der Waals surface area contributed by atoms with Crippen molar-refractivity contribution in [3.63, 3.8) is 0 Å². The van der Waals surface area contributed by atoms with E-state index in [1.165, 1.54) is 4.90 Å². The fraction of sp³-hybridized carbons (Fsp3) is 0.688. The Morgan fingerprint density at radius 2 is 2.16 bits per heavy atom. The number of amides is 2. The minimum atomic E-state index is -1.39. The normalized spacial score (nSPS) is 21.1. The molecule has 0 spiro atoms. The number of nitrogens with one attached hydrogen (secondary N) is 2. The molecule has 1 aromatic heterocycles. The number of aryl methyl sites for hydroxylation is 1. The molecule has 2 atom stereocenters. The molecule has 0 aliphatic carbocycles. The van der Waals surface area contributed by atoms with Gasteiger partial charge in [0.1, 0.15) is 11.8 Å². The number of ether oxygens (including phenoxy) is 1. The fourth-order valence-electron chi connectivity index (χ4n) is 2.53. The van der Waals surface area contributed by atoms with Gasteiger partial charge in [0.2, 0.25) is 0 Å². The first-order chi connectivity index (χ1) is 11.6. The van der Waals surface area contributed by atoms with E-state index in [2.05, 4.69) is 15.3 Å². The van der Waals surface area contributed by atoms with Crippen molar-refractivity contribution in [2.24, 2.45) is 0 Å². The lowest BCUT2D eigenvalue weighted by Gasteiger charge is -2.35. The van der Waals surface area contributed by atoms with E-state index in [1.807, 2.05) is 6.92 Å². The first kappa shape index (κ1) is 19.5. The third kappa shape index (κ3) is 5.07. The van der Waals surface area contributed by atoms with Crippen molar-refractivity contribution >= 4 is 23.6 Å². The number of nitrogens with zero attached hydrogens (tertiary/aromatic N) is 2. The molecule has 7 nitrogen and oxygen atoms in total. The second-order valence-corrected chi connectivity index (χ2v) is 7.38. The van der Waals surface area contributed by atoms with Gasteiger partial charge in [0, 0.05) is 6.54 Å². The number of alkyl halides is 1. The Kier molecular flexibility index (Phi) is 5.92. The zero-order chi connectivity index (χ0) is 18.8. The SMILES string of the molecule is CCc1[nH]c(C(=O)N[C@H]2CCN(C(=O)OC(C)(C)C)C[C@H]2F)nc1Cl. The molecule has 1 fully saturated rings. The molecule has 1 aliphatic rings. The molecule has 2 amide bonds. The molecule has 2 N–H and O–H groups in total. The smallest absolute Gasteiger partial charge is 0.410 e. The molecule has 0 bridgehead atoms. The maximum atomic E-state index is 14.4. The number of H-pyrrole nitrogens is 1. The van der Waals surface area contributed by atoms with E-state index in [0.717, 1.165) is 0 Å². The van der Waals surface area contributed by atoms with Crippen molar-refractivity contribution in [2.45, 2.75) is 58.4 Å². The van der Waals surface area contributed by atoms with Gasteiger partial charge in [0.25, 0.3) is 5.91 Å². The summed E-state index contributed by atoms with van der Waals surface area (Å²) in [5.41, 5.74) is 0.0205. The van der Waals surface area contributed by atoms with Crippen LogP contribution in [0.4, 0.5) is 9.18 Å². The van der Waals surface area contributed by atoms with Gasteiger partial charge in [-0.15, -0.1) is 0 Å². The van der Waals surface area contributed by atoms with Crippen LogP contribution in [0.2, 0.25) is 5.15 Å². The highest BCUT2D eigenvalue weighted by Gasteiger charge is 2.35. The van der Waals surface area contributed by atoms with E-state index in [-0.39, 0.29) is 17.5 Å². The number of carbonyl (C=O) groups is 2. The lowest BCUT2D eigenvalue weighted by atomic mass is 10.0. The molecule has 1 aliphatic heterocycles. The van der Waals surface area contributed by atoms with Crippen LogP contribution in [0.3, 0.4) is 0 Å². The Morgan fingerprint density at radius 1 is 1.48 bits per heavy atom. The summed E-state index contributed by atoms with van der Waals surface area (Å²) in [6.45, 7) is 7.32. The molecule has 25 heavy (non-hydrogen) atoms. The van der Waals surface area contributed by atoms with Crippen molar-refractivity contribution in [3.8, 4) is 0 Å². The van der Waals surface area contributed by atoms with Gasteiger partial charge in [-0.25, -0.2) is 14.2 Å². The van der Waals surface area contributed by atoms with Crippen molar-refractivity contribution < 1.29 is 18.7 Å². The second-order valence-electron chi connectivity index (χ2n) is 7.02. The summed E-state index contributed by atoms with van der Waals surface area (Å²) in [7, 11) is 0. The van der Waals surface area contributed by atoms with Crippen LogP contribution in [0.15, 0.2) is 0 Å². The fourth-order valence-corrected chi connectivity index (χ4v) is 2.79. The van der Waals surface area contributed by atoms with E-state index in [0.29, 0.717) is 25.1 Å². The number of hydrogen-bond acceptors (Lipinski definition) is 4. The minimum Gasteiger partial charge on any atom is -0.444 e. The Morgan fingerprint density at radius 3 is 2.68 bits per heavy atom. The summed E-state index contributed by atoms with van der Waals surface area (Å²) in [6.07, 6.45) is -1.04. The number of carbonyl (C=O) groups excluding carboxylic acids is 2. The highest BCUT2D eigenvalue weighted by molar-refractivity contribution is 6.30. The van der Waals surface area contributed by atoms with Crippen molar-refractivity contribution in [1.29, 1.82) is 0 Å². The van der Waals surface area contributed by atoms with Crippen LogP contribution in [-0.2, 0) is 11.2 Å². The van der Waals surface area contributed by atoms with Crippen LogP contribution in [-0.4, -0.2) is 57.8 Å².